The van der Waals surface area contributed by atoms with Crippen molar-refractivity contribution in [1.82, 2.24) is 10.2 Å². The van der Waals surface area contributed by atoms with Crippen molar-refractivity contribution in [2.45, 2.75) is 6.92 Å². The molecule has 108 valence electrons. The minimum Gasteiger partial charge on any atom is -0.345 e. The topological polar surface area (TPSA) is 92.6 Å². The highest BCUT2D eigenvalue weighted by Crippen LogP contribution is 2.27. The van der Waals surface area contributed by atoms with Crippen molar-refractivity contribution >= 4 is 29.1 Å². The highest BCUT2D eigenvalue weighted by Gasteiger charge is 2.23. The van der Waals surface area contributed by atoms with E-state index in [2.05, 4.69) is 5.32 Å². The van der Waals surface area contributed by atoms with Gasteiger partial charge >= 0.3 is 5.69 Å². The summed E-state index contributed by atoms with van der Waals surface area (Å²) in [4.78, 5) is 35.0. The summed E-state index contributed by atoms with van der Waals surface area (Å²) in [5.74, 6) is -0.998. The van der Waals surface area contributed by atoms with Crippen molar-refractivity contribution in [2.24, 2.45) is 0 Å². The Morgan fingerprint density at radius 1 is 1.45 bits per heavy atom. The highest BCUT2D eigenvalue weighted by molar-refractivity contribution is 6.33. The van der Waals surface area contributed by atoms with Crippen LogP contribution in [-0.2, 0) is 4.79 Å². The summed E-state index contributed by atoms with van der Waals surface area (Å²) in [5, 5.41) is 13.1. The minimum atomic E-state index is -0.725. The summed E-state index contributed by atoms with van der Waals surface area (Å²) in [6.07, 6.45) is 0. The number of para-hydroxylation sites is 1. The fraction of sp³-hybridized carbons (Fsp3) is 0.333. The van der Waals surface area contributed by atoms with E-state index < -0.39 is 16.5 Å². The van der Waals surface area contributed by atoms with Crippen LogP contribution in [0.1, 0.15) is 17.3 Å². The zero-order chi connectivity index (χ0) is 15.3. The number of carbonyl (C=O) groups is 2. The molecule has 1 aromatic rings. The lowest BCUT2D eigenvalue weighted by Gasteiger charge is -2.14. The van der Waals surface area contributed by atoms with Gasteiger partial charge in [-0.15, -0.1) is 0 Å². The van der Waals surface area contributed by atoms with Gasteiger partial charge in [0, 0.05) is 13.6 Å². The van der Waals surface area contributed by atoms with E-state index in [9.17, 15) is 19.7 Å². The summed E-state index contributed by atoms with van der Waals surface area (Å²) in [6, 6.07) is 4.05. The van der Waals surface area contributed by atoms with Crippen molar-refractivity contribution in [3.05, 3.63) is 38.9 Å². The number of nitro benzene ring substituents is 1. The maximum absolute atomic E-state index is 11.9. The van der Waals surface area contributed by atoms with E-state index in [4.69, 9.17) is 11.6 Å². The summed E-state index contributed by atoms with van der Waals surface area (Å²) < 4.78 is 0. The van der Waals surface area contributed by atoms with E-state index in [1.165, 1.54) is 23.1 Å². The lowest BCUT2D eigenvalue weighted by atomic mass is 10.1. The first-order chi connectivity index (χ1) is 9.38. The fourth-order valence-electron chi connectivity index (χ4n) is 1.45. The van der Waals surface area contributed by atoms with Gasteiger partial charge in [0.05, 0.1) is 11.5 Å². The predicted octanol–water partition coefficient (Wildman–Crippen LogP) is 1.46. The number of rotatable bonds is 5. The first-order valence-corrected chi connectivity index (χ1v) is 6.21. The number of amides is 2. The maximum atomic E-state index is 11.9. The molecular weight excluding hydrogens is 286 g/mol. The molecule has 0 saturated heterocycles. The van der Waals surface area contributed by atoms with Crippen molar-refractivity contribution in [3.63, 3.8) is 0 Å². The molecule has 0 atom stereocenters. The number of nitro groups is 1. The molecule has 0 spiro atoms. The summed E-state index contributed by atoms with van der Waals surface area (Å²) in [5.41, 5.74) is -0.641. The van der Waals surface area contributed by atoms with E-state index in [0.29, 0.717) is 6.54 Å². The molecule has 0 aliphatic heterocycles. The van der Waals surface area contributed by atoms with E-state index >= 15 is 0 Å². The molecule has 20 heavy (non-hydrogen) atoms. The number of hydrogen-bond acceptors (Lipinski definition) is 4. The van der Waals surface area contributed by atoms with Gasteiger partial charge in [-0.25, -0.2) is 0 Å². The molecule has 2 amide bonds. The standard InChI is InChI=1S/C12H14ClN3O4/c1-3-15(2)10(17)7-14-12(18)8-5-4-6-9(13)11(8)16(19)20/h4-6H,3,7H2,1-2H3,(H,14,18). The quantitative estimate of drug-likeness (QED) is 0.658. The van der Waals surface area contributed by atoms with Crippen molar-refractivity contribution < 1.29 is 14.5 Å². The Kier molecular flexibility index (Phi) is 5.45. The Morgan fingerprint density at radius 3 is 2.65 bits per heavy atom. The molecule has 0 aliphatic carbocycles. The SMILES string of the molecule is CCN(C)C(=O)CNC(=O)c1cccc(Cl)c1[N+](=O)[O-]. The van der Waals surface area contributed by atoms with Crippen LogP contribution in [0.4, 0.5) is 5.69 Å². The van der Waals surface area contributed by atoms with E-state index in [1.54, 1.807) is 14.0 Å². The minimum absolute atomic E-state index is 0.125. The fourth-order valence-corrected chi connectivity index (χ4v) is 1.69. The third-order valence-corrected chi connectivity index (χ3v) is 3.02. The first-order valence-electron chi connectivity index (χ1n) is 5.83. The molecule has 0 radical (unpaired) electrons. The van der Waals surface area contributed by atoms with Crippen molar-refractivity contribution in [3.8, 4) is 0 Å². The Morgan fingerprint density at radius 2 is 2.10 bits per heavy atom. The molecule has 0 fully saturated rings. The average Bonchev–Trinajstić information content (AvgIpc) is 2.42. The second-order valence-corrected chi connectivity index (χ2v) is 4.39. The van der Waals surface area contributed by atoms with Gasteiger partial charge in [0.15, 0.2) is 0 Å². The average molecular weight is 300 g/mol. The Labute approximate surface area is 120 Å². The lowest BCUT2D eigenvalue weighted by molar-refractivity contribution is -0.385. The van der Waals surface area contributed by atoms with Crippen molar-refractivity contribution in [1.29, 1.82) is 0 Å². The molecular formula is C12H14ClN3O4. The lowest BCUT2D eigenvalue weighted by Crippen LogP contribution is -2.38. The van der Waals surface area contributed by atoms with Gasteiger partial charge in [-0.05, 0) is 19.1 Å². The van der Waals surface area contributed by atoms with Crippen LogP contribution in [0.3, 0.4) is 0 Å². The number of nitrogens with one attached hydrogen (secondary N) is 1. The Balaban J connectivity index is 2.86. The molecule has 0 aromatic heterocycles. The van der Waals surface area contributed by atoms with Crippen LogP contribution in [0.25, 0.3) is 0 Å². The van der Waals surface area contributed by atoms with Crippen LogP contribution < -0.4 is 5.32 Å². The largest absolute Gasteiger partial charge is 0.345 e. The number of hydrogen-bond donors (Lipinski definition) is 1. The van der Waals surface area contributed by atoms with Gasteiger partial charge in [0.25, 0.3) is 5.91 Å². The second-order valence-electron chi connectivity index (χ2n) is 3.98. The Bertz CT molecular complexity index is 548. The van der Waals surface area contributed by atoms with Gasteiger partial charge in [0.1, 0.15) is 10.6 Å². The summed E-state index contributed by atoms with van der Waals surface area (Å²) >= 11 is 5.71. The van der Waals surface area contributed by atoms with Crippen LogP contribution >= 0.6 is 11.6 Å². The number of likely N-dealkylation sites (N-methyl/N-ethyl adjacent to an activating group) is 1. The third kappa shape index (κ3) is 3.67. The normalized spacial score (nSPS) is 9.95. The summed E-state index contributed by atoms with van der Waals surface area (Å²) in [6.45, 7) is 2.07. The zero-order valence-corrected chi connectivity index (χ0v) is 11.8. The van der Waals surface area contributed by atoms with E-state index in [1.807, 2.05) is 0 Å². The monoisotopic (exact) mass is 299 g/mol. The molecule has 0 aliphatic rings. The smallest absolute Gasteiger partial charge is 0.300 e. The van der Waals surface area contributed by atoms with Crippen molar-refractivity contribution in [2.75, 3.05) is 20.1 Å². The molecule has 0 bridgehead atoms. The van der Waals surface area contributed by atoms with Crippen LogP contribution in [0.2, 0.25) is 5.02 Å². The van der Waals surface area contributed by atoms with Crippen LogP contribution in [0, 0.1) is 10.1 Å². The molecule has 1 rings (SSSR count). The molecule has 1 N–H and O–H groups in total. The Hall–Kier alpha value is -2.15. The van der Waals surface area contributed by atoms with E-state index in [0.717, 1.165) is 0 Å². The zero-order valence-electron chi connectivity index (χ0n) is 11.1. The predicted molar refractivity (Wildman–Crippen MR) is 73.8 cm³/mol. The van der Waals surface area contributed by atoms with Crippen LogP contribution in [0.15, 0.2) is 18.2 Å². The van der Waals surface area contributed by atoms with Crippen LogP contribution in [-0.4, -0.2) is 41.8 Å². The molecule has 8 heteroatoms. The van der Waals surface area contributed by atoms with Gasteiger partial charge in [-0.1, -0.05) is 17.7 Å². The summed E-state index contributed by atoms with van der Waals surface area (Å²) in [7, 11) is 1.59. The van der Waals surface area contributed by atoms with Gasteiger partial charge in [0.2, 0.25) is 5.91 Å². The number of carbonyl (C=O) groups excluding carboxylic acids is 2. The highest BCUT2D eigenvalue weighted by atomic mass is 35.5. The van der Waals surface area contributed by atoms with E-state index in [-0.39, 0.29) is 23.0 Å². The second kappa shape index (κ2) is 6.85. The molecule has 7 nitrogen and oxygen atoms in total. The number of nitrogens with zero attached hydrogens (tertiary/aromatic N) is 2. The first kappa shape index (κ1) is 15.9. The maximum Gasteiger partial charge on any atom is 0.300 e. The molecule has 0 saturated carbocycles. The van der Waals surface area contributed by atoms with Gasteiger partial charge < -0.3 is 10.2 Å². The number of halogens is 1. The molecule has 1 aromatic carbocycles. The molecule has 0 heterocycles. The van der Waals surface area contributed by atoms with Crippen LogP contribution in [0.5, 0.6) is 0 Å². The van der Waals surface area contributed by atoms with Gasteiger partial charge in [-0.2, -0.15) is 0 Å². The molecule has 0 unspecified atom stereocenters. The number of benzene rings is 1. The van der Waals surface area contributed by atoms with Gasteiger partial charge in [-0.3, -0.25) is 19.7 Å². The third-order valence-electron chi connectivity index (χ3n) is 2.71.